The van der Waals surface area contributed by atoms with Gasteiger partial charge in [-0.3, -0.25) is 4.79 Å². The van der Waals surface area contributed by atoms with Crippen molar-refractivity contribution in [1.29, 1.82) is 0 Å². The van der Waals surface area contributed by atoms with E-state index in [1.807, 2.05) is 23.1 Å². The van der Waals surface area contributed by atoms with Crippen molar-refractivity contribution in [3.05, 3.63) is 32.7 Å². The number of unbranched alkanes of at least 4 members (excludes halogenated alkanes) is 1. The van der Waals surface area contributed by atoms with Crippen LogP contribution in [-0.4, -0.2) is 23.4 Å². The Kier molecular flexibility index (Phi) is 7.08. The molecule has 0 N–H and O–H groups in total. The Morgan fingerprint density at radius 3 is 2.53 bits per heavy atom. The summed E-state index contributed by atoms with van der Waals surface area (Å²) >= 11 is 6.89. The number of carbonyl (C=O) groups is 1. The lowest BCUT2D eigenvalue weighted by atomic mass is 10.1. The molecule has 0 aliphatic heterocycles. The van der Waals surface area contributed by atoms with E-state index in [4.69, 9.17) is 0 Å². The van der Waals surface area contributed by atoms with Gasteiger partial charge in [0, 0.05) is 21.5 Å². The smallest absolute Gasteiger partial charge is 0.255 e. The van der Waals surface area contributed by atoms with Crippen LogP contribution in [0.25, 0.3) is 0 Å². The highest BCUT2D eigenvalue weighted by Crippen LogP contribution is 2.24. The average molecular weight is 391 g/mol. The van der Waals surface area contributed by atoms with Crippen molar-refractivity contribution >= 4 is 37.8 Å². The fourth-order valence-electron chi connectivity index (χ4n) is 1.89. The third-order valence-corrected chi connectivity index (χ3v) is 4.45. The van der Waals surface area contributed by atoms with Crippen molar-refractivity contribution < 1.29 is 4.79 Å². The van der Waals surface area contributed by atoms with Gasteiger partial charge >= 0.3 is 0 Å². The lowest BCUT2D eigenvalue weighted by molar-refractivity contribution is 0.0684. The second kappa shape index (κ2) is 8.05. The highest BCUT2D eigenvalue weighted by atomic mass is 79.9. The van der Waals surface area contributed by atoms with Gasteiger partial charge in [0.25, 0.3) is 5.91 Å². The predicted molar refractivity (Wildman–Crippen MR) is 87.5 cm³/mol. The summed E-state index contributed by atoms with van der Waals surface area (Å²) in [6.07, 6.45) is 3.12. The quantitative estimate of drug-likeness (QED) is 0.649. The van der Waals surface area contributed by atoms with Gasteiger partial charge in [-0.2, -0.15) is 0 Å². The molecule has 0 bridgehead atoms. The van der Waals surface area contributed by atoms with Gasteiger partial charge < -0.3 is 4.90 Å². The zero-order valence-electron chi connectivity index (χ0n) is 11.7. The first kappa shape index (κ1) is 16.7. The number of benzene rings is 1. The maximum Gasteiger partial charge on any atom is 0.255 e. The normalized spacial score (nSPS) is 12.3. The molecule has 0 aliphatic carbocycles. The largest absolute Gasteiger partial charge is 0.336 e. The van der Waals surface area contributed by atoms with E-state index >= 15 is 0 Å². The molecule has 0 aliphatic rings. The van der Waals surface area contributed by atoms with E-state index in [1.54, 1.807) is 0 Å². The van der Waals surface area contributed by atoms with Gasteiger partial charge in [-0.05, 0) is 53.9 Å². The van der Waals surface area contributed by atoms with E-state index in [0.29, 0.717) is 0 Å². The highest BCUT2D eigenvalue weighted by molar-refractivity contribution is 9.11. The summed E-state index contributed by atoms with van der Waals surface area (Å²) in [5, 5.41) is 0. The Hall–Kier alpha value is -0.350. The number of carbonyl (C=O) groups excluding carboxylic acids is 1. The minimum Gasteiger partial charge on any atom is -0.336 e. The molecule has 0 saturated carbocycles. The van der Waals surface area contributed by atoms with E-state index in [9.17, 15) is 4.79 Å². The van der Waals surface area contributed by atoms with Gasteiger partial charge in [0.1, 0.15) is 0 Å². The molecule has 1 aromatic carbocycles. The second-order valence-electron chi connectivity index (χ2n) is 4.73. The van der Waals surface area contributed by atoms with Gasteiger partial charge in [-0.1, -0.05) is 36.2 Å². The summed E-state index contributed by atoms with van der Waals surface area (Å²) in [7, 11) is 0. The summed E-state index contributed by atoms with van der Waals surface area (Å²) < 4.78 is 1.82. The van der Waals surface area contributed by atoms with Gasteiger partial charge in [-0.15, -0.1) is 0 Å². The van der Waals surface area contributed by atoms with Crippen LogP contribution in [0.3, 0.4) is 0 Å². The molecule has 1 atom stereocenters. The molecule has 0 spiro atoms. The maximum atomic E-state index is 12.7. The summed E-state index contributed by atoms with van der Waals surface area (Å²) in [4.78, 5) is 14.6. The fourth-order valence-corrected chi connectivity index (χ4v) is 3.11. The molecule has 0 saturated heterocycles. The van der Waals surface area contributed by atoms with Crippen LogP contribution in [0.15, 0.2) is 27.1 Å². The van der Waals surface area contributed by atoms with E-state index in [0.717, 1.165) is 40.3 Å². The lowest BCUT2D eigenvalue weighted by Gasteiger charge is -2.29. The molecule has 1 aromatic rings. The van der Waals surface area contributed by atoms with Crippen molar-refractivity contribution in [3.8, 4) is 0 Å². The summed E-state index contributed by atoms with van der Waals surface area (Å²) in [6, 6.07) is 5.97. The highest BCUT2D eigenvalue weighted by Gasteiger charge is 2.21. The third kappa shape index (κ3) is 4.60. The van der Waals surface area contributed by atoms with Crippen LogP contribution in [0.1, 0.15) is 50.4 Å². The molecule has 1 unspecified atom stereocenters. The van der Waals surface area contributed by atoms with Gasteiger partial charge in [0.05, 0.1) is 5.56 Å². The zero-order chi connectivity index (χ0) is 14.4. The molecule has 0 fully saturated rings. The van der Waals surface area contributed by atoms with Crippen LogP contribution in [0.5, 0.6) is 0 Å². The molecule has 2 nitrogen and oxygen atoms in total. The molecule has 1 amide bonds. The van der Waals surface area contributed by atoms with E-state index < -0.39 is 0 Å². The number of amides is 1. The van der Waals surface area contributed by atoms with Crippen LogP contribution in [0, 0.1) is 0 Å². The fraction of sp³-hybridized carbons (Fsp3) is 0.533. The van der Waals surface area contributed by atoms with Crippen LogP contribution in [0.4, 0.5) is 0 Å². The van der Waals surface area contributed by atoms with Crippen molar-refractivity contribution in [2.24, 2.45) is 0 Å². The Bertz CT molecular complexity index is 434. The molecule has 106 valence electrons. The first-order chi connectivity index (χ1) is 9.01. The van der Waals surface area contributed by atoms with E-state index in [1.165, 1.54) is 0 Å². The Morgan fingerprint density at radius 1 is 1.32 bits per heavy atom. The van der Waals surface area contributed by atoms with E-state index in [-0.39, 0.29) is 11.9 Å². The third-order valence-electron chi connectivity index (χ3n) is 3.30. The molecular weight excluding hydrogens is 370 g/mol. The summed E-state index contributed by atoms with van der Waals surface area (Å²) in [6.45, 7) is 7.20. The Labute approximate surface area is 132 Å². The number of nitrogens with zero attached hydrogens (tertiary/aromatic N) is 1. The van der Waals surface area contributed by atoms with E-state index in [2.05, 4.69) is 52.6 Å². The monoisotopic (exact) mass is 389 g/mol. The number of hydrogen-bond donors (Lipinski definition) is 0. The number of hydrogen-bond acceptors (Lipinski definition) is 1. The van der Waals surface area contributed by atoms with Crippen LogP contribution >= 0.6 is 31.9 Å². The Balaban J connectivity index is 2.97. The summed E-state index contributed by atoms with van der Waals surface area (Å²) in [5.74, 6) is 0.113. The maximum absolute atomic E-state index is 12.7. The summed E-state index contributed by atoms with van der Waals surface area (Å²) in [5.41, 5.74) is 0.736. The van der Waals surface area contributed by atoms with Crippen LogP contribution < -0.4 is 0 Å². The minimum atomic E-state index is 0.113. The standard InChI is InChI=1S/C15H21Br2NO/c1-4-6-9-18(11(3)5-2)15(19)13-8-7-12(16)10-14(13)17/h7-8,10-11H,4-6,9H2,1-3H3. The van der Waals surface area contributed by atoms with Crippen molar-refractivity contribution in [3.63, 3.8) is 0 Å². The molecule has 0 heterocycles. The van der Waals surface area contributed by atoms with Crippen molar-refractivity contribution in [2.75, 3.05) is 6.54 Å². The predicted octanol–water partition coefficient (Wildman–Crippen LogP) is 5.25. The van der Waals surface area contributed by atoms with Gasteiger partial charge in [0.2, 0.25) is 0 Å². The first-order valence-electron chi connectivity index (χ1n) is 6.77. The minimum absolute atomic E-state index is 0.113. The topological polar surface area (TPSA) is 20.3 Å². The van der Waals surface area contributed by atoms with Crippen LogP contribution in [-0.2, 0) is 0 Å². The van der Waals surface area contributed by atoms with Gasteiger partial charge in [-0.25, -0.2) is 0 Å². The molecular formula is C15H21Br2NO. The zero-order valence-corrected chi connectivity index (χ0v) is 14.9. The van der Waals surface area contributed by atoms with Crippen LogP contribution in [0.2, 0.25) is 0 Å². The van der Waals surface area contributed by atoms with Crippen molar-refractivity contribution in [1.82, 2.24) is 4.90 Å². The number of rotatable bonds is 6. The molecule has 0 aromatic heterocycles. The molecule has 1 rings (SSSR count). The SMILES string of the molecule is CCCCN(C(=O)c1ccc(Br)cc1Br)C(C)CC. The molecule has 19 heavy (non-hydrogen) atoms. The van der Waals surface area contributed by atoms with Crippen molar-refractivity contribution in [2.45, 2.75) is 46.1 Å². The average Bonchev–Trinajstić information content (AvgIpc) is 2.38. The second-order valence-corrected chi connectivity index (χ2v) is 6.50. The Morgan fingerprint density at radius 2 is 2.00 bits per heavy atom. The first-order valence-corrected chi connectivity index (χ1v) is 8.35. The van der Waals surface area contributed by atoms with Gasteiger partial charge in [0.15, 0.2) is 0 Å². The number of halogens is 2. The molecule has 0 radical (unpaired) electrons. The molecule has 4 heteroatoms. The lowest BCUT2D eigenvalue weighted by Crippen LogP contribution is -2.39.